The third-order valence-electron chi connectivity index (χ3n) is 5.39. The van der Waals surface area contributed by atoms with E-state index in [0.29, 0.717) is 6.54 Å². The quantitative estimate of drug-likeness (QED) is 0.784. The van der Waals surface area contributed by atoms with Gasteiger partial charge in [-0.1, -0.05) is 26.0 Å². The van der Waals surface area contributed by atoms with E-state index >= 15 is 0 Å². The van der Waals surface area contributed by atoms with Crippen LogP contribution in [0.5, 0.6) is 0 Å². The van der Waals surface area contributed by atoms with Crippen LogP contribution in [-0.4, -0.2) is 48.4 Å². The molecule has 0 spiro atoms. The van der Waals surface area contributed by atoms with Crippen LogP contribution in [0, 0.1) is 11.2 Å². The van der Waals surface area contributed by atoms with Crippen LogP contribution < -0.4 is 5.73 Å². The maximum Gasteiger partial charge on any atom is 0.230 e. The zero-order chi connectivity index (χ0) is 17.6. The average molecular weight is 408 g/mol. The molecule has 7 heteroatoms. The molecular weight excluding hydrogens is 376 g/mol. The Morgan fingerprint density at radius 3 is 2.23 bits per heavy atom. The fourth-order valence-electron chi connectivity index (χ4n) is 3.44. The first-order valence-electron chi connectivity index (χ1n) is 9.01. The molecule has 26 heavy (non-hydrogen) atoms. The predicted octanol–water partition coefficient (Wildman–Crippen LogP) is 3.47. The highest BCUT2D eigenvalue weighted by atomic mass is 35.5. The summed E-state index contributed by atoms with van der Waals surface area (Å²) in [6.45, 7) is 8.63. The molecule has 4 nitrogen and oxygen atoms in total. The summed E-state index contributed by atoms with van der Waals surface area (Å²) in [5.41, 5.74) is 6.62. The van der Waals surface area contributed by atoms with E-state index < -0.39 is 5.41 Å². The molecule has 0 saturated carbocycles. The van der Waals surface area contributed by atoms with E-state index in [4.69, 9.17) is 5.73 Å². The monoisotopic (exact) mass is 407 g/mol. The van der Waals surface area contributed by atoms with Crippen LogP contribution in [0.2, 0.25) is 0 Å². The third-order valence-corrected chi connectivity index (χ3v) is 5.39. The molecule has 1 amide bonds. The van der Waals surface area contributed by atoms with Crippen molar-refractivity contribution < 1.29 is 9.18 Å². The van der Waals surface area contributed by atoms with Crippen molar-refractivity contribution in [2.75, 3.05) is 32.7 Å². The van der Waals surface area contributed by atoms with Gasteiger partial charge in [0.1, 0.15) is 5.82 Å². The minimum Gasteiger partial charge on any atom is -0.341 e. The van der Waals surface area contributed by atoms with Crippen LogP contribution in [0.1, 0.15) is 38.7 Å². The minimum atomic E-state index is -0.411. The van der Waals surface area contributed by atoms with Crippen LogP contribution in [0.15, 0.2) is 24.3 Å². The second kappa shape index (κ2) is 11.8. The van der Waals surface area contributed by atoms with Gasteiger partial charge in [0, 0.05) is 39.3 Å². The van der Waals surface area contributed by atoms with Crippen LogP contribution in [0.25, 0.3) is 0 Å². The summed E-state index contributed by atoms with van der Waals surface area (Å²) >= 11 is 0. The van der Waals surface area contributed by atoms with Gasteiger partial charge in [-0.15, -0.1) is 24.8 Å². The van der Waals surface area contributed by atoms with Crippen molar-refractivity contribution in [1.29, 1.82) is 0 Å². The maximum atomic E-state index is 13.0. The Labute approximate surface area is 169 Å². The number of rotatable bonds is 6. The molecule has 1 fully saturated rings. The van der Waals surface area contributed by atoms with Gasteiger partial charge in [-0.2, -0.15) is 0 Å². The van der Waals surface area contributed by atoms with Crippen LogP contribution >= 0.6 is 24.8 Å². The first-order valence-corrected chi connectivity index (χ1v) is 9.01. The van der Waals surface area contributed by atoms with Crippen molar-refractivity contribution in [2.24, 2.45) is 11.1 Å². The summed E-state index contributed by atoms with van der Waals surface area (Å²) < 4.78 is 13.0. The van der Waals surface area contributed by atoms with Gasteiger partial charge >= 0.3 is 0 Å². The lowest BCUT2D eigenvalue weighted by atomic mass is 9.81. The largest absolute Gasteiger partial charge is 0.341 e. The molecule has 0 bridgehead atoms. The summed E-state index contributed by atoms with van der Waals surface area (Å²) in [6, 6.07) is 6.66. The fourth-order valence-corrected chi connectivity index (χ4v) is 3.44. The van der Waals surface area contributed by atoms with Crippen molar-refractivity contribution in [3.63, 3.8) is 0 Å². The van der Waals surface area contributed by atoms with Crippen LogP contribution in [-0.2, 0) is 11.3 Å². The van der Waals surface area contributed by atoms with E-state index in [1.54, 1.807) is 0 Å². The minimum absolute atomic E-state index is 0. The average Bonchev–Trinajstić information content (AvgIpc) is 2.84. The Bertz CT molecular complexity index is 530. The van der Waals surface area contributed by atoms with Crippen molar-refractivity contribution in [3.05, 3.63) is 35.6 Å². The van der Waals surface area contributed by atoms with E-state index in [9.17, 15) is 9.18 Å². The van der Waals surface area contributed by atoms with E-state index in [2.05, 4.69) is 4.90 Å². The van der Waals surface area contributed by atoms with E-state index in [-0.39, 0.29) is 36.5 Å². The lowest BCUT2D eigenvalue weighted by molar-refractivity contribution is -0.142. The number of nitrogens with zero attached hydrogens (tertiary/aromatic N) is 2. The lowest BCUT2D eigenvalue weighted by Crippen LogP contribution is -2.48. The molecule has 0 atom stereocenters. The number of carbonyl (C=O) groups excluding carboxylic acids is 1. The van der Waals surface area contributed by atoms with Gasteiger partial charge in [-0.25, -0.2) is 4.39 Å². The molecule has 1 saturated heterocycles. The summed E-state index contributed by atoms with van der Waals surface area (Å²) in [7, 11) is 0. The molecule has 0 unspecified atom stereocenters. The molecule has 2 rings (SSSR count). The highest BCUT2D eigenvalue weighted by Gasteiger charge is 2.37. The number of nitrogens with two attached hydrogens (primary N) is 1. The van der Waals surface area contributed by atoms with Gasteiger partial charge in [0.05, 0.1) is 5.41 Å². The number of amides is 1. The van der Waals surface area contributed by atoms with Gasteiger partial charge < -0.3 is 10.6 Å². The Morgan fingerprint density at radius 2 is 1.69 bits per heavy atom. The lowest BCUT2D eigenvalue weighted by Gasteiger charge is -2.34. The Hall–Kier alpha value is -0.880. The Kier molecular flexibility index (Phi) is 11.4. The number of halogens is 3. The van der Waals surface area contributed by atoms with Crippen LogP contribution in [0.3, 0.4) is 0 Å². The molecule has 2 N–H and O–H groups in total. The first kappa shape index (κ1) is 25.1. The van der Waals surface area contributed by atoms with Crippen molar-refractivity contribution in [1.82, 2.24) is 9.80 Å². The summed E-state index contributed by atoms with van der Waals surface area (Å²) in [4.78, 5) is 17.3. The van der Waals surface area contributed by atoms with Gasteiger partial charge in [0.2, 0.25) is 5.91 Å². The van der Waals surface area contributed by atoms with Crippen molar-refractivity contribution in [3.8, 4) is 0 Å². The number of hydrogen-bond acceptors (Lipinski definition) is 3. The number of hydrogen-bond donors (Lipinski definition) is 1. The SMILES string of the molecule is CCC(CC)(CN)C(=O)N1CCCN(Cc2ccc(F)cc2)CC1.Cl.Cl. The predicted molar refractivity (Wildman–Crippen MR) is 109 cm³/mol. The number of benzene rings is 1. The Morgan fingerprint density at radius 1 is 1.08 bits per heavy atom. The topological polar surface area (TPSA) is 49.6 Å². The van der Waals surface area contributed by atoms with Gasteiger partial charge in [0.25, 0.3) is 0 Å². The third kappa shape index (κ3) is 6.08. The van der Waals surface area contributed by atoms with Gasteiger partial charge in [-0.3, -0.25) is 9.69 Å². The normalized spacial score (nSPS) is 15.6. The molecule has 1 aromatic rings. The maximum absolute atomic E-state index is 13.0. The zero-order valence-corrected chi connectivity index (χ0v) is 17.4. The number of carbonyl (C=O) groups is 1. The second-order valence-electron chi connectivity index (χ2n) is 6.74. The summed E-state index contributed by atoms with van der Waals surface area (Å²) in [6.07, 6.45) is 2.53. The molecular formula is C19H32Cl2FN3O. The van der Waals surface area contributed by atoms with E-state index in [0.717, 1.165) is 57.5 Å². The molecule has 1 aromatic carbocycles. The highest BCUT2D eigenvalue weighted by Crippen LogP contribution is 2.28. The standard InChI is InChI=1S/C19H30FN3O.2ClH/c1-3-19(4-2,15-21)18(24)23-11-5-10-22(12-13-23)14-16-6-8-17(20)9-7-16;;/h6-9H,3-5,10-15,21H2,1-2H3;2*1H. The molecule has 150 valence electrons. The first-order chi connectivity index (χ1) is 11.5. The molecule has 1 aliphatic heterocycles. The van der Waals surface area contributed by atoms with E-state index in [1.165, 1.54) is 12.1 Å². The van der Waals surface area contributed by atoms with E-state index in [1.807, 2.05) is 30.9 Å². The molecule has 0 aliphatic carbocycles. The summed E-state index contributed by atoms with van der Waals surface area (Å²) in [5, 5.41) is 0. The van der Waals surface area contributed by atoms with Gasteiger partial charge in [0.15, 0.2) is 0 Å². The zero-order valence-electron chi connectivity index (χ0n) is 15.7. The second-order valence-corrected chi connectivity index (χ2v) is 6.74. The molecule has 0 radical (unpaired) electrons. The molecule has 1 aliphatic rings. The van der Waals surface area contributed by atoms with Crippen LogP contribution in [0.4, 0.5) is 4.39 Å². The summed E-state index contributed by atoms with van der Waals surface area (Å²) in [5.74, 6) is 0.00211. The Balaban J connectivity index is 0.00000312. The highest BCUT2D eigenvalue weighted by molar-refractivity contribution is 5.85. The molecule has 0 aromatic heterocycles. The fraction of sp³-hybridized carbons (Fsp3) is 0.632. The van der Waals surface area contributed by atoms with Crippen molar-refractivity contribution >= 4 is 30.7 Å². The van der Waals surface area contributed by atoms with Crippen molar-refractivity contribution in [2.45, 2.75) is 39.7 Å². The van der Waals surface area contributed by atoms with Gasteiger partial charge in [-0.05, 0) is 37.0 Å². The smallest absolute Gasteiger partial charge is 0.230 e. The molecule has 1 heterocycles.